The molecule has 1 aliphatic heterocycles. The van der Waals surface area contributed by atoms with Crippen LogP contribution in [0.5, 0.6) is 0 Å². The fraction of sp³-hybridized carbons (Fsp3) is 0.273. The highest BCUT2D eigenvalue weighted by atomic mass is 32.1. The van der Waals surface area contributed by atoms with Crippen molar-refractivity contribution < 1.29 is 19.1 Å². The fourth-order valence-corrected chi connectivity index (χ4v) is 4.35. The second kappa shape index (κ2) is 8.53. The van der Waals surface area contributed by atoms with Crippen LogP contribution in [0.2, 0.25) is 0 Å². The van der Waals surface area contributed by atoms with Crippen LogP contribution < -0.4 is 0 Å². The largest absolute Gasteiger partial charge is 0.464 e. The molecule has 0 unspecified atom stereocenters. The minimum absolute atomic E-state index is 0.0160. The molecule has 0 N–H and O–H groups in total. The predicted octanol–water partition coefficient (Wildman–Crippen LogP) is 3.85. The maximum atomic E-state index is 12.3. The summed E-state index contributed by atoms with van der Waals surface area (Å²) in [4.78, 5) is 42.1. The van der Waals surface area contributed by atoms with Gasteiger partial charge in [0.2, 0.25) is 0 Å². The third-order valence-electron chi connectivity index (χ3n) is 4.82. The normalized spacial score (nSPS) is 13.2. The Kier molecular flexibility index (Phi) is 5.67. The van der Waals surface area contributed by atoms with Crippen LogP contribution in [0.3, 0.4) is 0 Å². The van der Waals surface area contributed by atoms with Crippen LogP contribution in [0.1, 0.15) is 45.0 Å². The maximum absolute atomic E-state index is 12.3. The van der Waals surface area contributed by atoms with Crippen LogP contribution in [-0.2, 0) is 16.0 Å². The number of nitrogens with zero attached hydrogens (tertiary/aromatic N) is 2. The maximum Gasteiger partial charge on any atom is 0.305 e. The lowest BCUT2D eigenvalue weighted by molar-refractivity contribution is -0.144. The van der Waals surface area contributed by atoms with Gasteiger partial charge in [-0.2, -0.15) is 0 Å². The topological polar surface area (TPSA) is 76.6 Å². The van der Waals surface area contributed by atoms with Crippen molar-refractivity contribution >= 4 is 39.3 Å². The lowest BCUT2D eigenvalue weighted by Gasteiger charge is -2.13. The number of benzene rings is 2. The zero-order valence-corrected chi connectivity index (χ0v) is 16.6. The molecule has 2 aromatic carbocycles. The van der Waals surface area contributed by atoms with E-state index in [4.69, 9.17) is 4.74 Å². The van der Waals surface area contributed by atoms with E-state index in [0.717, 1.165) is 28.3 Å². The molecular weight excluding hydrogens is 388 g/mol. The number of para-hydroxylation sites is 1. The number of ether oxygens (including phenoxy) is 1. The van der Waals surface area contributed by atoms with Gasteiger partial charge in [0, 0.05) is 6.42 Å². The molecule has 0 saturated heterocycles. The highest BCUT2D eigenvalue weighted by Gasteiger charge is 2.34. The molecule has 6 nitrogen and oxygen atoms in total. The van der Waals surface area contributed by atoms with Gasteiger partial charge in [0.15, 0.2) is 0 Å². The van der Waals surface area contributed by atoms with E-state index in [-0.39, 0.29) is 30.9 Å². The number of aryl methyl sites for hydroxylation is 1. The van der Waals surface area contributed by atoms with Gasteiger partial charge in [0.05, 0.1) is 32.9 Å². The van der Waals surface area contributed by atoms with Gasteiger partial charge >= 0.3 is 5.97 Å². The summed E-state index contributed by atoms with van der Waals surface area (Å²) in [6, 6.07) is 14.7. The highest BCUT2D eigenvalue weighted by Crippen LogP contribution is 2.23. The zero-order chi connectivity index (χ0) is 20.2. The molecule has 0 spiro atoms. The molecule has 0 fully saturated rings. The van der Waals surface area contributed by atoms with E-state index in [9.17, 15) is 14.4 Å². The van der Waals surface area contributed by atoms with Crippen molar-refractivity contribution in [3.05, 3.63) is 64.7 Å². The van der Waals surface area contributed by atoms with Gasteiger partial charge in [-0.25, -0.2) is 4.98 Å². The Morgan fingerprint density at radius 3 is 2.38 bits per heavy atom. The Bertz CT molecular complexity index is 1010. The molecule has 2 amide bonds. The first-order valence-corrected chi connectivity index (χ1v) is 10.4. The van der Waals surface area contributed by atoms with E-state index in [0.29, 0.717) is 24.0 Å². The second-order valence-electron chi connectivity index (χ2n) is 6.81. The third kappa shape index (κ3) is 4.19. The summed E-state index contributed by atoms with van der Waals surface area (Å²) in [5.74, 6) is -0.985. The summed E-state index contributed by atoms with van der Waals surface area (Å²) in [7, 11) is 0. The first-order valence-electron chi connectivity index (χ1n) is 9.59. The van der Waals surface area contributed by atoms with Crippen LogP contribution in [0.25, 0.3) is 10.2 Å². The van der Waals surface area contributed by atoms with Gasteiger partial charge in [-0.05, 0) is 43.5 Å². The Morgan fingerprint density at radius 1 is 0.966 bits per heavy atom. The van der Waals surface area contributed by atoms with Gasteiger partial charge in [-0.1, -0.05) is 24.3 Å². The highest BCUT2D eigenvalue weighted by molar-refractivity contribution is 7.18. The number of hydrogen-bond donors (Lipinski definition) is 0. The molecule has 7 heteroatoms. The SMILES string of the molecule is O=C(CCCCc1nc2ccccc2s1)OCCN1C(=O)c2ccccc2C1=O. The number of rotatable bonds is 8. The van der Waals surface area contributed by atoms with Crippen molar-refractivity contribution in [3.63, 3.8) is 0 Å². The minimum atomic E-state index is -0.336. The van der Waals surface area contributed by atoms with Crippen molar-refractivity contribution in [1.29, 1.82) is 0 Å². The van der Waals surface area contributed by atoms with Gasteiger partial charge in [-0.3, -0.25) is 19.3 Å². The Balaban J connectivity index is 1.16. The van der Waals surface area contributed by atoms with Gasteiger partial charge < -0.3 is 4.74 Å². The van der Waals surface area contributed by atoms with E-state index in [1.807, 2.05) is 18.2 Å². The van der Waals surface area contributed by atoms with Crippen LogP contribution in [0, 0.1) is 0 Å². The van der Waals surface area contributed by atoms with Crippen molar-refractivity contribution in [2.45, 2.75) is 25.7 Å². The second-order valence-corrected chi connectivity index (χ2v) is 7.93. The lowest BCUT2D eigenvalue weighted by atomic mass is 10.1. The summed E-state index contributed by atoms with van der Waals surface area (Å²) in [5.41, 5.74) is 1.82. The number of imide groups is 1. The molecule has 0 saturated carbocycles. The number of fused-ring (bicyclic) bond motifs is 2. The number of hydrogen-bond acceptors (Lipinski definition) is 6. The molecular formula is C22H20N2O4S. The van der Waals surface area contributed by atoms with E-state index >= 15 is 0 Å². The van der Waals surface area contributed by atoms with Crippen molar-refractivity contribution in [1.82, 2.24) is 9.88 Å². The number of unbranched alkanes of at least 4 members (excludes halogenated alkanes) is 1. The van der Waals surface area contributed by atoms with Crippen LogP contribution in [-0.4, -0.2) is 40.8 Å². The molecule has 29 heavy (non-hydrogen) atoms. The molecule has 4 rings (SSSR count). The minimum Gasteiger partial charge on any atom is -0.464 e. The van der Waals surface area contributed by atoms with Crippen molar-refractivity contribution in [3.8, 4) is 0 Å². The summed E-state index contributed by atoms with van der Waals surface area (Å²) in [6.07, 6.45) is 2.71. The number of esters is 1. The van der Waals surface area contributed by atoms with Crippen LogP contribution in [0.15, 0.2) is 48.5 Å². The summed E-state index contributed by atoms with van der Waals surface area (Å²) in [5, 5.41) is 1.07. The molecule has 0 radical (unpaired) electrons. The van der Waals surface area contributed by atoms with Crippen molar-refractivity contribution in [2.24, 2.45) is 0 Å². The molecule has 1 aliphatic rings. The number of thiazole rings is 1. The summed E-state index contributed by atoms with van der Waals surface area (Å²) < 4.78 is 6.38. The average molecular weight is 408 g/mol. The quantitative estimate of drug-likeness (QED) is 0.321. The van der Waals surface area contributed by atoms with E-state index < -0.39 is 0 Å². The zero-order valence-electron chi connectivity index (χ0n) is 15.8. The van der Waals surface area contributed by atoms with Crippen LogP contribution >= 0.6 is 11.3 Å². The number of carbonyl (C=O) groups is 3. The molecule has 3 aromatic rings. The summed E-state index contributed by atoms with van der Waals surface area (Å²) in [6.45, 7) is 0.0892. The molecule has 0 atom stereocenters. The standard InChI is InChI=1S/C22H20N2O4S/c25-20(12-6-5-11-19-23-17-9-3-4-10-18(17)29-19)28-14-13-24-21(26)15-7-1-2-8-16(15)22(24)27/h1-4,7-10H,5-6,11-14H2. The summed E-state index contributed by atoms with van der Waals surface area (Å²) >= 11 is 1.68. The lowest BCUT2D eigenvalue weighted by Crippen LogP contribution is -2.33. The van der Waals surface area contributed by atoms with Crippen molar-refractivity contribution in [2.75, 3.05) is 13.2 Å². The molecule has 0 aliphatic carbocycles. The van der Waals surface area contributed by atoms with Gasteiger partial charge in [0.1, 0.15) is 6.61 Å². The Morgan fingerprint density at radius 2 is 1.66 bits per heavy atom. The first kappa shape index (κ1) is 19.3. The average Bonchev–Trinajstić information content (AvgIpc) is 3.25. The molecule has 148 valence electrons. The number of carbonyl (C=O) groups excluding carboxylic acids is 3. The monoisotopic (exact) mass is 408 g/mol. The van der Waals surface area contributed by atoms with Gasteiger partial charge in [0.25, 0.3) is 11.8 Å². The smallest absolute Gasteiger partial charge is 0.305 e. The fourth-order valence-electron chi connectivity index (χ4n) is 3.34. The molecule has 2 heterocycles. The molecule has 0 bridgehead atoms. The van der Waals surface area contributed by atoms with Gasteiger partial charge in [-0.15, -0.1) is 11.3 Å². The Labute approximate surface area is 172 Å². The number of aromatic nitrogens is 1. The first-order chi connectivity index (χ1) is 14.1. The van der Waals surface area contributed by atoms with Crippen LogP contribution in [0.4, 0.5) is 0 Å². The predicted molar refractivity (Wildman–Crippen MR) is 110 cm³/mol. The van der Waals surface area contributed by atoms with E-state index in [2.05, 4.69) is 11.1 Å². The molecule has 1 aromatic heterocycles. The third-order valence-corrected chi connectivity index (χ3v) is 5.91. The number of amides is 2. The van der Waals surface area contributed by atoms with E-state index in [1.165, 1.54) is 4.70 Å². The van der Waals surface area contributed by atoms with E-state index in [1.54, 1.807) is 35.6 Å². The Hall–Kier alpha value is -3.06.